The van der Waals surface area contributed by atoms with Gasteiger partial charge in [0.2, 0.25) is 0 Å². The molecule has 19 heavy (non-hydrogen) atoms. The van der Waals surface area contributed by atoms with E-state index < -0.39 is 0 Å². The molecule has 0 amide bonds. The number of hydrogen-bond acceptors (Lipinski definition) is 1. The maximum absolute atomic E-state index is 12.0. The second kappa shape index (κ2) is 5.66. The first-order valence-corrected chi connectivity index (χ1v) is 6.43. The Balaban J connectivity index is 2.27. The molecule has 0 aliphatic carbocycles. The molecule has 0 spiro atoms. The van der Waals surface area contributed by atoms with E-state index in [1.54, 1.807) is 6.08 Å². The van der Waals surface area contributed by atoms with Crippen molar-refractivity contribution in [3.63, 3.8) is 0 Å². The maximum atomic E-state index is 12.0. The van der Waals surface area contributed by atoms with E-state index in [9.17, 15) is 4.79 Å². The average molecular weight is 250 g/mol. The molecule has 0 aliphatic rings. The van der Waals surface area contributed by atoms with Crippen LogP contribution in [0.25, 0.3) is 6.08 Å². The number of ketones is 1. The zero-order valence-corrected chi connectivity index (χ0v) is 11.6. The van der Waals surface area contributed by atoms with Crippen LogP contribution in [0.4, 0.5) is 0 Å². The zero-order valence-electron chi connectivity index (χ0n) is 11.6. The summed E-state index contributed by atoms with van der Waals surface area (Å²) >= 11 is 0. The fourth-order valence-electron chi connectivity index (χ4n) is 2.31. The highest BCUT2D eigenvalue weighted by Gasteiger charge is 2.03. The van der Waals surface area contributed by atoms with Crippen molar-refractivity contribution in [2.45, 2.75) is 20.8 Å². The van der Waals surface area contributed by atoms with Crippen LogP contribution >= 0.6 is 0 Å². The van der Waals surface area contributed by atoms with E-state index in [0.717, 1.165) is 11.1 Å². The predicted molar refractivity (Wildman–Crippen MR) is 80.5 cm³/mol. The molecule has 2 rings (SSSR count). The van der Waals surface area contributed by atoms with Crippen molar-refractivity contribution in [3.8, 4) is 0 Å². The van der Waals surface area contributed by atoms with E-state index in [4.69, 9.17) is 0 Å². The minimum atomic E-state index is 0.0416. The Morgan fingerprint density at radius 3 is 2.11 bits per heavy atom. The van der Waals surface area contributed by atoms with Crippen LogP contribution in [0.1, 0.15) is 32.6 Å². The van der Waals surface area contributed by atoms with E-state index in [2.05, 4.69) is 32.9 Å². The molecule has 0 aromatic heterocycles. The van der Waals surface area contributed by atoms with E-state index >= 15 is 0 Å². The minimum Gasteiger partial charge on any atom is -0.289 e. The molecule has 96 valence electrons. The molecule has 0 saturated carbocycles. The summed E-state index contributed by atoms with van der Waals surface area (Å²) in [5, 5.41) is 0. The van der Waals surface area contributed by atoms with Gasteiger partial charge < -0.3 is 0 Å². The van der Waals surface area contributed by atoms with Gasteiger partial charge >= 0.3 is 0 Å². The number of aryl methyl sites for hydroxylation is 3. The Labute approximate surface area is 114 Å². The minimum absolute atomic E-state index is 0.0416. The van der Waals surface area contributed by atoms with Gasteiger partial charge in [0.05, 0.1) is 0 Å². The van der Waals surface area contributed by atoms with Crippen LogP contribution in [0.3, 0.4) is 0 Å². The third-order valence-corrected chi connectivity index (χ3v) is 3.20. The SMILES string of the molecule is Cc1cc(C)c(/C=C/C(=O)c2ccccc2)c(C)c1. The Bertz CT molecular complexity index is 598. The molecule has 0 aliphatic heterocycles. The molecule has 0 bridgehead atoms. The van der Waals surface area contributed by atoms with Crippen molar-refractivity contribution in [1.29, 1.82) is 0 Å². The van der Waals surface area contributed by atoms with Crippen LogP contribution in [-0.2, 0) is 0 Å². The lowest BCUT2D eigenvalue weighted by atomic mass is 9.99. The molecule has 0 unspecified atom stereocenters. The molecule has 2 aromatic rings. The predicted octanol–water partition coefficient (Wildman–Crippen LogP) is 4.51. The molecule has 0 fully saturated rings. The van der Waals surface area contributed by atoms with Gasteiger partial charge in [-0.15, -0.1) is 0 Å². The van der Waals surface area contributed by atoms with Crippen LogP contribution in [0.2, 0.25) is 0 Å². The van der Waals surface area contributed by atoms with Gasteiger partial charge in [-0.2, -0.15) is 0 Å². The summed E-state index contributed by atoms with van der Waals surface area (Å²) in [4.78, 5) is 12.0. The van der Waals surface area contributed by atoms with Crippen molar-refractivity contribution in [2.75, 3.05) is 0 Å². The molecule has 2 aromatic carbocycles. The fourth-order valence-corrected chi connectivity index (χ4v) is 2.31. The first-order valence-electron chi connectivity index (χ1n) is 6.43. The van der Waals surface area contributed by atoms with E-state index in [0.29, 0.717) is 0 Å². The normalized spacial score (nSPS) is 10.9. The van der Waals surface area contributed by atoms with E-state index in [1.165, 1.54) is 16.7 Å². The number of carbonyl (C=O) groups excluding carboxylic acids is 1. The van der Waals surface area contributed by atoms with E-state index in [-0.39, 0.29) is 5.78 Å². The number of carbonyl (C=O) groups is 1. The third-order valence-electron chi connectivity index (χ3n) is 3.20. The Kier molecular flexibility index (Phi) is 3.96. The summed E-state index contributed by atoms with van der Waals surface area (Å²) < 4.78 is 0. The van der Waals surface area contributed by atoms with Crippen LogP contribution in [0.15, 0.2) is 48.5 Å². The van der Waals surface area contributed by atoms with Crippen molar-refractivity contribution in [2.24, 2.45) is 0 Å². The first kappa shape index (κ1) is 13.3. The second-order valence-electron chi connectivity index (χ2n) is 4.88. The lowest BCUT2D eigenvalue weighted by Gasteiger charge is -2.06. The maximum Gasteiger partial charge on any atom is 0.185 e. The van der Waals surface area contributed by atoms with Gasteiger partial charge in [-0.3, -0.25) is 4.79 Å². The molecular formula is C18H18O. The van der Waals surface area contributed by atoms with Gasteiger partial charge in [-0.25, -0.2) is 0 Å². The highest BCUT2D eigenvalue weighted by Crippen LogP contribution is 2.18. The lowest BCUT2D eigenvalue weighted by Crippen LogP contribution is -1.94. The van der Waals surface area contributed by atoms with Crippen molar-refractivity contribution >= 4 is 11.9 Å². The molecule has 0 saturated heterocycles. The topological polar surface area (TPSA) is 17.1 Å². The molecule has 1 nitrogen and oxygen atoms in total. The molecule has 0 atom stereocenters. The summed E-state index contributed by atoms with van der Waals surface area (Å²) in [6, 6.07) is 13.6. The second-order valence-corrected chi connectivity index (χ2v) is 4.88. The van der Waals surface area contributed by atoms with Crippen LogP contribution in [-0.4, -0.2) is 5.78 Å². The molecule has 0 heterocycles. The molecular weight excluding hydrogens is 232 g/mol. The van der Waals surface area contributed by atoms with Gasteiger partial charge in [0.1, 0.15) is 0 Å². The molecule has 0 N–H and O–H groups in total. The van der Waals surface area contributed by atoms with Gasteiger partial charge in [-0.05, 0) is 43.5 Å². The number of rotatable bonds is 3. The summed E-state index contributed by atoms with van der Waals surface area (Å²) in [5.74, 6) is 0.0416. The standard InChI is InChI=1S/C18H18O/c1-13-11-14(2)17(15(3)12-13)9-10-18(19)16-7-5-4-6-8-16/h4-12H,1-3H3/b10-9+. The van der Waals surface area contributed by atoms with Crippen LogP contribution in [0.5, 0.6) is 0 Å². The average Bonchev–Trinajstić information content (AvgIpc) is 2.38. The number of hydrogen-bond donors (Lipinski definition) is 0. The summed E-state index contributed by atoms with van der Waals surface area (Å²) in [6.07, 6.45) is 3.57. The van der Waals surface area contributed by atoms with Gasteiger partial charge in [-0.1, -0.05) is 54.1 Å². The largest absolute Gasteiger partial charge is 0.289 e. The number of allylic oxidation sites excluding steroid dienone is 1. The smallest absolute Gasteiger partial charge is 0.185 e. The Morgan fingerprint density at radius 1 is 0.947 bits per heavy atom. The van der Waals surface area contributed by atoms with Crippen molar-refractivity contribution in [3.05, 3.63) is 76.4 Å². The van der Waals surface area contributed by atoms with Gasteiger partial charge in [0, 0.05) is 5.56 Å². The Hall–Kier alpha value is -2.15. The summed E-state index contributed by atoms with van der Waals surface area (Å²) in [7, 11) is 0. The van der Waals surface area contributed by atoms with Crippen LogP contribution < -0.4 is 0 Å². The Morgan fingerprint density at radius 2 is 1.53 bits per heavy atom. The number of benzene rings is 2. The first-order chi connectivity index (χ1) is 9.08. The molecule has 1 heteroatoms. The zero-order chi connectivity index (χ0) is 13.8. The lowest BCUT2D eigenvalue weighted by molar-refractivity contribution is 0.104. The van der Waals surface area contributed by atoms with Gasteiger partial charge in [0.15, 0.2) is 5.78 Å². The van der Waals surface area contributed by atoms with Crippen molar-refractivity contribution in [1.82, 2.24) is 0 Å². The van der Waals surface area contributed by atoms with Crippen LogP contribution in [0, 0.1) is 20.8 Å². The monoisotopic (exact) mass is 250 g/mol. The van der Waals surface area contributed by atoms with Crippen molar-refractivity contribution < 1.29 is 4.79 Å². The highest BCUT2D eigenvalue weighted by molar-refractivity contribution is 6.06. The third kappa shape index (κ3) is 3.19. The fraction of sp³-hybridized carbons (Fsp3) is 0.167. The summed E-state index contributed by atoms with van der Waals surface area (Å²) in [6.45, 7) is 6.24. The molecule has 0 radical (unpaired) electrons. The summed E-state index contributed by atoms with van der Waals surface area (Å²) in [5.41, 5.74) is 5.52. The van der Waals surface area contributed by atoms with E-state index in [1.807, 2.05) is 36.4 Å². The highest BCUT2D eigenvalue weighted by atomic mass is 16.1. The quantitative estimate of drug-likeness (QED) is 0.578. The van der Waals surface area contributed by atoms with Gasteiger partial charge in [0.25, 0.3) is 0 Å².